The van der Waals surface area contributed by atoms with Gasteiger partial charge in [-0.2, -0.15) is 0 Å². The quantitative estimate of drug-likeness (QED) is 0.563. The molecule has 0 fully saturated rings. The van der Waals surface area contributed by atoms with Crippen LogP contribution in [0, 0.1) is 5.92 Å². The molecule has 0 aliphatic heterocycles. The summed E-state index contributed by atoms with van der Waals surface area (Å²) < 4.78 is 13.8. The van der Waals surface area contributed by atoms with Gasteiger partial charge in [-0.1, -0.05) is 18.2 Å². The van der Waals surface area contributed by atoms with Crippen molar-refractivity contribution in [2.24, 2.45) is 5.92 Å². The van der Waals surface area contributed by atoms with E-state index in [1.165, 1.54) is 12.1 Å². The van der Waals surface area contributed by atoms with Gasteiger partial charge < -0.3 is 19.5 Å². The van der Waals surface area contributed by atoms with Gasteiger partial charge in [0, 0.05) is 5.56 Å². The minimum Gasteiger partial charge on any atom is -0.469 e. The van der Waals surface area contributed by atoms with Gasteiger partial charge in [0.05, 0.1) is 33.7 Å². The summed E-state index contributed by atoms with van der Waals surface area (Å²) >= 11 is 0. The predicted octanol–water partition coefficient (Wildman–Crippen LogP) is 0.310. The molecule has 8 heteroatoms. The molecule has 0 spiro atoms. The van der Waals surface area contributed by atoms with Crippen LogP contribution in [0.25, 0.3) is 0 Å². The fourth-order valence-corrected chi connectivity index (χ4v) is 2.02. The Morgan fingerprint density at radius 2 is 1.50 bits per heavy atom. The summed E-state index contributed by atoms with van der Waals surface area (Å²) in [6.07, 6.45) is -0.446. The summed E-state index contributed by atoms with van der Waals surface area (Å²) in [5, 5.41) is 2.41. The molecule has 0 unspecified atom stereocenters. The van der Waals surface area contributed by atoms with Crippen molar-refractivity contribution in [3.05, 3.63) is 35.9 Å². The first-order valence-electron chi connectivity index (χ1n) is 7.03. The summed E-state index contributed by atoms with van der Waals surface area (Å²) in [4.78, 5) is 47.7. The fraction of sp³-hybridized carbons (Fsp3) is 0.375. The van der Waals surface area contributed by atoms with Crippen LogP contribution in [0.15, 0.2) is 30.3 Å². The molecule has 8 nitrogen and oxygen atoms in total. The minimum absolute atomic E-state index is 0.285. The lowest BCUT2D eigenvalue weighted by Gasteiger charge is -2.23. The number of nitrogens with one attached hydrogen (secondary N) is 1. The first kappa shape index (κ1) is 19.1. The topological polar surface area (TPSA) is 108 Å². The molecule has 1 amide bonds. The number of esters is 3. The largest absolute Gasteiger partial charge is 0.469 e. The lowest BCUT2D eigenvalue weighted by Crippen LogP contribution is -2.50. The second kappa shape index (κ2) is 9.29. The Morgan fingerprint density at radius 3 is 2.00 bits per heavy atom. The van der Waals surface area contributed by atoms with Crippen LogP contribution >= 0.6 is 0 Å². The van der Waals surface area contributed by atoms with Gasteiger partial charge in [-0.3, -0.25) is 14.4 Å². The molecule has 130 valence electrons. The summed E-state index contributed by atoms with van der Waals surface area (Å²) in [6, 6.07) is 6.70. The molecule has 0 saturated carbocycles. The molecule has 1 rings (SSSR count). The molecule has 0 heterocycles. The van der Waals surface area contributed by atoms with Crippen LogP contribution < -0.4 is 5.32 Å². The number of carbonyl (C=O) groups excluding carboxylic acids is 4. The van der Waals surface area contributed by atoms with E-state index in [1.807, 2.05) is 0 Å². The molecule has 0 aromatic heterocycles. The first-order valence-corrected chi connectivity index (χ1v) is 7.03. The van der Waals surface area contributed by atoms with Crippen molar-refractivity contribution in [2.45, 2.75) is 12.5 Å². The molecule has 1 N–H and O–H groups in total. The van der Waals surface area contributed by atoms with Gasteiger partial charge in [-0.25, -0.2) is 4.79 Å². The molecule has 0 aliphatic rings. The molecule has 24 heavy (non-hydrogen) atoms. The second-order valence-corrected chi connectivity index (χ2v) is 4.75. The number of methoxy groups -OCH3 is 3. The van der Waals surface area contributed by atoms with Crippen LogP contribution in [0.1, 0.15) is 16.8 Å². The van der Waals surface area contributed by atoms with Gasteiger partial charge >= 0.3 is 17.9 Å². The third-order valence-corrected chi connectivity index (χ3v) is 3.30. The number of hydrogen-bond donors (Lipinski definition) is 1. The average Bonchev–Trinajstić information content (AvgIpc) is 2.63. The van der Waals surface area contributed by atoms with E-state index >= 15 is 0 Å². The van der Waals surface area contributed by atoms with Crippen LogP contribution in [-0.2, 0) is 28.6 Å². The Bertz CT molecular complexity index is 600. The molecule has 0 radical (unpaired) electrons. The summed E-state index contributed by atoms with van der Waals surface area (Å²) in [5.41, 5.74) is 0.285. The zero-order valence-electron chi connectivity index (χ0n) is 13.6. The van der Waals surface area contributed by atoms with Crippen molar-refractivity contribution in [1.82, 2.24) is 5.32 Å². The van der Waals surface area contributed by atoms with E-state index in [1.54, 1.807) is 18.2 Å². The summed E-state index contributed by atoms with van der Waals surface area (Å²) in [7, 11) is 3.36. The Morgan fingerprint density at radius 1 is 0.917 bits per heavy atom. The van der Waals surface area contributed by atoms with Gasteiger partial charge in [0.2, 0.25) is 0 Å². The van der Waals surface area contributed by atoms with Crippen molar-refractivity contribution >= 4 is 23.8 Å². The van der Waals surface area contributed by atoms with E-state index in [-0.39, 0.29) is 5.56 Å². The van der Waals surface area contributed by atoms with Crippen LogP contribution in [0.2, 0.25) is 0 Å². The zero-order chi connectivity index (χ0) is 18.1. The Balaban J connectivity index is 3.07. The molecular formula is C16H19NO7. The summed E-state index contributed by atoms with van der Waals surface area (Å²) in [6.45, 7) is 0. The van der Waals surface area contributed by atoms with Crippen molar-refractivity contribution in [3.8, 4) is 0 Å². The number of benzene rings is 1. The first-order chi connectivity index (χ1) is 11.4. The van der Waals surface area contributed by atoms with E-state index in [0.717, 1.165) is 21.3 Å². The highest BCUT2D eigenvalue weighted by molar-refractivity contribution is 5.98. The molecule has 0 saturated heterocycles. The monoisotopic (exact) mass is 337 g/mol. The molecule has 2 atom stereocenters. The molecule has 1 aromatic carbocycles. The highest BCUT2D eigenvalue weighted by atomic mass is 16.5. The Labute approximate surface area is 139 Å². The smallest absolute Gasteiger partial charge is 0.329 e. The van der Waals surface area contributed by atoms with Crippen molar-refractivity contribution in [1.29, 1.82) is 0 Å². The van der Waals surface area contributed by atoms with Gasteiger partial charge in [0.15, 0.2) is 0 Å². The normalized spacial score (nSPS) is 12.5. The third kappa shape index (κ3) is 5.08. The molecular weight excluding hydrogens is 318 g/mol. The molecule has 0 bridgehead atoms. The maximum Gasteiger partial charge on any atom is 0.329 e. The van der Waals surface area contributed by atoms with Crippen LogP contribution in [-0.4, -0.2) is 51.2 Å². The van der Waals surface area contributed by atoms with Crippen molar-refractivity contribution < 1.29 is 33.4 Å². The maximum absolute atomic E-state index is 12.3. The Hall–Kier alpha value is -2.90. The average molecular weight is 337 g/mol. The van der Waals surface area contributed by atoms with Crippen LogP contribution in [0.3, 0.4) is 0 Å². The van der Waals surface area contributed by atoms with Crippen molar-refractivity contribution in [2.75, 3.05) is 21.3 Å². The van der Waals surface area contributed by atoms with Gasteiger partial charge in [0.1, 0.15) is 6.04 Å². The van der Waals surface area contributed by atoms with Gasteiger partial charge in [0.25, 0.3) is 5.91 Å². The second-order valence-electron chi connectivity index (χ2n) is 4.75. The highest BCUT2D eigenvalue weighted by Gasteiger charge is 2.38. The number of carbonyl (C=O) groups is 4. The van der Waals surface area contributed by atoms with Gasteiger partial charge in [-0.05, 0) is 12.1 Å². The van der Waals surface area contributed by atoms with E-state index in [9.17, 15) is 19.2 Å². The lowest BCUT2D eigenvalue weighted by molar-refractivity contribution is -0.158. The zero-order valence-corrected chi connectivity index (χ0v) is 13.6. The Kier molecular flexibility index (Phi) is 7.41. The molecule has 0 aliphatic carbocycles. The van der Waals surface area contributed by atoms with Gasteiger partial charge in [-0.15, -0.1) is 0 Å². The summed E-state index contributed by atoms with van der Waals surface area (Å²) in [5.74, 6) is -4.32. The van der Waals surface area contributed by atoms with E-state index in [0.29, 0.717) is 0 Å². The van der Waals surface area contributed by atoms with E-state index in [4.69, 9.17) is 0 Å². The number of ether oxygens (including phenoxy) is 3. The SMILES string of the molecule is COC(=O)C[C@@H](C(=O)OC)[C@H](NC(=O)c1ccccc1)C(=O)OC. The molecule has 1 aromatic rings. The van der Waals surface area contributed by atoms with E-state index in [2.05, 4.69) is 19.5 Å². The third-order valence-electron chi connectivity index (χ3n) is 3.30. The number of rotatable bonds is 7. The number of amides is 1. The lowest BCUT2D eigenvalue weighted by atomic mass is 9.95. The van der Waals surface area contributed by atoms with Crippen molar-refractivity contribution in [3.63, 3.8) is 0 Å². The highest BCUT2D eigenvalue weighted by Crippen LogP contribution is 2.15. The van der Waals surface area contributed by atoms with Crippen LogP contribution in [0.5, 0.6) is 0 Å². The standard InChI is InChI=1S/C16H19NO7/c1-22-12(18)9-11(15(20)23-2)13(16(21)24-3)17-14(19)10-7-5-4-6-8-10/h4-8,11,13H,9H2,1-3H3,(H,17,19)/t11-,13+/m1/s1. The van der Waals surface area contributed by atoms with E-state index < -0.39 is 42.2 Å². The maximum atomic E-state index is 12.3. The number of hydrogen-bond acceptors (Lipinski definition) is 7. The minimum atomic E-state index is -1.39. The van der Waals surface area contributed by atoms with Crippen LogP contribution in [0.4, 0.5) is 0 Å². The fourth-order valence-electron chi connectivity index (χ4n) is 2.02. The predicted molar refractivity (Wildman–Crippen MR) is 81.9 cm³/mol.